The first-order valence-electron chi connectivity index (χ1n) is 7.15. The summed E-state index contributed by atoms with van der Waals surface area (Å²) in [5.41, 5.74) is 0. The number of thioether (sulfide) groups is 1. The smallest absolute Gasteiger partial charge is 0.243 e. The molecule has 1 fully saturated rings. The Labute approximate surface area is 128 Å². The molecule has 0 amide bonds. The fourth-order valence-electron chi connectivity index (χ4n) is 2.28. The molecule has 21 heavy (non-hydrogen) atoms. The standard InChI is InChI=1S/C15H19N3O2S/c1-12(18-7-9-21-10-8-18)15-16-14(17-20-15)11-19-13-5-3-2-4-6-13/h2-6,12H,7-11H2,1H3/t12-/m1/s1. The molecule has 0 aliphatic carbocycles. The number of hydrogen-bond donors (Lipinski definition) is 0. The first kappa shape index (κ1) is 14.4. The average molecular weight is 305 g/mol. The minimum Gasteiger partial charge on any atom is -0.485 e. The zero-order chi connectivity index (χ0) is 14.5. The third-order valence-corrected chi connectivity index (χ3v) is 4.49. The van der Waals surface area contributed by atoms with E-state index in [4.69, 9.17) is 9.26 Å². The summed E-state index contributed by atoms with van der Waals surface area (Å²) in [6.45, 7) is 4.59. The van der Waals surface area contributed by atoms with Crippen LogP contribution in [0.25, 0.3) is 0 Å². The Hall–Kier alpha value is -1.53. The highest BCUT2D eigenvalue weighted by molar-refractivity contribution is 7.99. The summed E-state index contributed by atoms with van der Waals surface area (Å²) >= 11 is 1.99. The maximum Gasteiger partial charge on any atom is 0.243 e. The van der Waals surface area contributed by atoms with E-state index in [1.165, 1.54) is 11.5 Å². The lowest BCUT2D eigenvalue weighted by atomic mass is 10.3. The molecule has 3 rings (SSSR count). The van der Waals surface area contributed by atoms with Gasteiger partial charge < -0.3 is 9.26 Å². The van der Waals surface area contributed by atoms with Gasteiger partial charge in [-0.15, -0.1) is 0 Å². The van der Waals surface area contributed by atoms with Crippen molar-refractivity contribution in [2.75, 3.05) is 24.6 Å². The molecule has 112 valence electrons. The summed E-state index contributed by atoms with van der Waals surface area (Å²) in [5.74, 6) is 4.41. The van der Waals surface area contributed by atoms with Crippen molar-refractivity contribution in [3.8, 4) is 5.75 Å². The zero-order valence-corrected chi connectivity index (χ0v) is 12.9. The van der Waals surface area contributed by atoms with Crippen LogP contribution in [0.1, 0.15) is 24.7 Å². The van der Waals surface area contributed by atoms with E-state index in [1.807, 2.05) is 42.1 Å². The second-order valence-corrected chi connectivity index (χ2v) is 6.20. The molecule has 0 bridgehead atoms. The highest BCUT2D eigenvalue weighted by atomic mass is 32.2. The van der Waals surface area contributed by atoms with Crippen molar-refractivity contribution in [3.63, 3.8) is 0 Å². The Kier molecular flexibility index (Phi) is 4.77. The Bertz CT molecular complexity index is 555. The van der Waals surface area contributed by atoms with E-state index >= 15 is 0 Å². The first-order chi connectivity index (χ1) is 10.3. The molecule has 5 nitrogen and oxygen atoms in total. The van der Waals surface area contributed by atoms with Gasteiger partial charge in [0.1, 0.15) is 5.75 Å². The van der Waals surface area contributed by atoms with Gasteiger partial charge in [0, 0.05) is 24.6 Å². The van der Waals surface area contributed by atoms with Crippen molar-refractivity contribution < 1.29 is 9.26 Å². The van der Waals surface area contributed by atoms with E-state index in [2.05, 4.69) is 22.0 Å². The lowest BCUT2D eigenvalue weighted by Crippen LogP contribution is -2.34. The van der Waals surface area contributed by atoms with Crippen LogP contribution in [0, 0.1) is 0 Å². The molecule has 1 saturated heterocycles. The summed E-state index contributed by atoms with van der Waals surface area (Å²) < 4.78 is 11.0. The summed E-state index contributed by atoms with van der Waals surface area (Å²) in [5, 5.41) is 4.00. The van der Waals surface area contributed by atoms with Gasteiger partial charge in [0.2, 0.25) is 11.7 Å². The number of para-hydroxylation sites is 1. The van der Waals surface area contributed by atoms with Gasteiger partial charge in [-0.05, 0) is 19.1 Å². The third kappa shape index (κ3) is 3.77. The van der Waals surface area contributed by atoms with Crippen molar-refractivity contribution in [3.05, 3.63) is 42.0 Å². The normalized spacial score (nSPS) is 17.6. The average Bonchev–Trinajstić information content (AvgIpc) is 3.03. The maximum atomic E-state index is 5.63. The van der Waals surface area contributed by atoms with E-state index in [-0.39, 0.29) is 6.04 Å². The van der Waals surface area contributed by atoms with Crippen LogP contribution in [0.15, 0.2) is 34.9 Å². The van der Waals surface area contributed by atoms with Crippen molar-refractivity contribution in [2.24, 2.45) is 0 Å². The minimum absolute atomic E-state index is 0.170. The Morgan fingerprint density at radius 3 is 2.81 bits per heavy atom. The van der Waals surface area contributed by atoms with Crippen molar-refractivity contribution in [2.45, 2.75) is 19.6 Å². The molecule has 0 saturated carbocycles. The Balaban J connectivity index is 1.58. The molecule has 0 unspecified atom stereocenters. The summed E-state index contributed by atoms with van der Waals surface area (Å²) in [4.78, 5) is 6.83. The van der Waals surface area contributed by atoms with Gasteiger partial charge in [-0.3, -0.25) is 4.90 Å². The Morgan fingerprint density at radius 2 is 2.05 bits per heavy atom. The van der Waals surface area contributed by atoms with Gasteiger partial charge in [0.15, 0.2) is 6.61 Å². The predicted octanol–water partition coefficient (Wildman–Crippen LogP) is 2.76. The SMILES string of the molecule is C[C@H](c1nc(COc2ccccc2)no1)N1CCSCC1. The molecule has 0 N–H and O–H groups in total. The van der Waals surface area contributed by atoms with E-state index in [0.29, 0.717) is 18.3 Å². The molecule has 1 aliphatic heterocycles. The van der Waals surface area contributed by atoms with Gasteiger partial charge in [-0.1, -0.05) is 23.4 Å². The van der Waals surface area contributed by atoms with Gasteiger partial charge in [0.05, 0.1) is 6.04 Å². The molecule has 0 spiro atoms. The van der Waals surface area contributed by atoms with Crippen molar-refractivity contribution in [1.82, 2.24) is 15.0 Å². The molecule has 1 aliphatic rings. The Morgan fingerprint density at radius 1 is 1.29 bits per heavy atom. The summed E-state index contributed by atoms with van der Waals surface area (Å²) in [7, 11) is 0. The van der Waals surface area contributed by atoms with Crippen LogP contribution in [0.5, 0.6) is 5.75 Å². The summed E-state index contributed by atoms with van der Waals surface area (Å²) in [6, 6.07) is 9.83. The topological polar surface area (TPSA) is 51.4 Å². The summed E-state index contributed by atoms with van der Waals surface area (Å²) in [6.07, 6.45) is 0. The van der Waals surface area contributed by atoms with E-state index in [0.717, 1.165) is 18.8 Å². The van der Waals surface area contributed by atoms with Crippen LogP contribution in [-0.2, 0) is 6.61 Å². The quantitative estimate of drug-likeness (QED) is 0.846. The number of rotatable bonds is 5. The van der Waals surface area contributed by atoms with Crippen LogP contribution in [0.2, 0.25) is 0 Å². The fraction of sp³-hybridized carbons (Fsp3) is 0.467. The maximum absolute atomic E-state index is 5.63. The molecular formula is C15H19N3O2S. The molecule has 2 aromatic rings. The van der Waals surface area contributed by atoms with Crippen molar-refractivity contribution >= 4 is 11.8 Å². The van der Waals surface area contributed by atoms with Crippen molar-refractivity contribution in [1.29, 1.82) is 0 Å². The zero-order valence-electron chi connectivity index (χ0n) is 12.1. The van der Waals surface area contributed by atoms with Gasteiger partial charge >= 0.3 is 0 Å². The largest absolute Gasteiger partial charge is 0.485 e. The third-order valence-electron chi connectivity index (χ3n) is 3.55. The lowest BCUT2D eigenvalue weighted by molar-refractivity contribution is 0.188. The number of hydrogen-bond acceptors (Lipinski definition) is 6. The molecule has 1 aromatic heterocycles. The first-order valence-corrected chi connectivity index (χ1v) is 8.30. The lowest BCUT2D eigenvalue weighted by Gasteiger charge is -2.29. The van der Waals surface area contributed by atoms with Gasteiger partial charge in [-0.25, -0.2) is 0 Å². The fourth-order valence-corrected chi connectivity index (χ4v) is 3.21. The number of ether oxygens (including phenoxy) is 1. The predicted molar refractivity (Wildman–Crippen MR) is 82.4 cm³/mol. The second-order valence-electron chi connectivity index (χ2n) is 4.97. The van der Waals surface area contributed by atoms with Crippen LogP contribution in [0.4, 0.5) is 0 Å². The number of nitrogens with zero attached hydrogens (tertiary/aromatic N) is 3. The highest BCUT2D eigenvalue weighted by Gasteiger charge is 2.23. The molecule has 1 aromatic carbocycles. The van der Waals surface area contributed by atoms with Crippen LogP contribution in [-0.4, -0.2) is 39.6 Å². The second kappa shape index (κ2) is 6.95. The highest BCUT2D eigenvalue weighted by Crippen LogP contribution is 2.22. The molecular weight excluding hydrogens is 286 g/mol. The number of benzene rings is 1. The van der Waals surface area contributed by atoms with Crippen LogP contribution < -0.4 is 4.74 Å². The number of aromatic nitrogens is 2. The van der Waals surface area contributed by atoms with Gasteiger partial charge in [-0.2, -0.15) is 16.7 Å². The molecule has 2 heterocycles. The van der Waals surface area contributed by atoms with E-state index in [9.17, 15) is 0 Å². The van der Waals surface area contributed by atoms with Crippen LogP contribution >= 0.6 is 11.8 Å². The van der Waals surface area contributed by atoms with Crippen LogP contribution in [0.3, 0.4) is 0 Å². The van der Waals surface area contributed by atoms with E-state index in [1.54, 1.807) is 0 Å². The monoisotopic (exact) mass is 305 g/mol. The molecule has 1 atom stereocenters. The molecule has 0 radical (unpaired) electrons. The molecule has 6 heteroatoms. The van der Waals surface area contributed by atoms with E-state index < -0.39 is 0 Å². The van der Waals surface area contributed by atoms with Gasteiger partial charge in [0.25, 0.3) is 0 Å². The minimum atomic E-state index is 0.170.